The second kappa shape index (κ2) is 8.23. The molecule has 1 aliphatic rings. The molecule has 0 bridgehead atoms. The fourth-order valence-corrected chi connectivity index (χ4v) is 3.69. The summed E-state index contributed by atoms with van der Waals surface area (Å²) in [4.78, 5) is 4.68. The van der Waals surface area contributed by atoms with Gasteiger partial charge in [-0.25, -0.2) is 0 Å². The van der Waals surface area contributed by atoms with Gasteiger partial charge in [-0.3, -0.25) is 4.68 Å². The van der Waals surface area contributed by atoms with Crippen LogP contribution < -0.4 is 5.32 Å². The minimum absolute atomic E-state index is 0. The Kier molecular flexibility index (Phi) is 5.97. The van der Waals surface area contributed by atoms with E-state index in [-0.39, 0.29) is 12.4 Å². The Balaban J connectivity index is 0.00000210. The van der Waals surface area contributed by atoms with E-state index in [0.29, 0.717) is 17.8 Å². The summed E-state index contributed by atoms with van der Waals surface area (Å²) in [6.07, 6.45) is 2.09. The number of nitrogens with zero attached hydrogens (tertiary/aromatic N) is 4. The molecule has 27 heavy (non-hydrogen) atoms. The van der Waals surface area contributed by atoms with Gasteiger partial charge in [-0.05, 0) is 57.9 Å². The predicted molar refractivity (Wildman–Crippen MR) is 107 cm³/mol. The quantitative estimate of drug-likeness (QED) is 0.735. The van der Waals surface area contributed by atoms with Crippen LogP contribution in [0, 0.1) is 13.8 Å². The lowest BCUT2D eigenvalue weighted by molar-refractivity contribution is 0.295. The van der Waals surface area contributed by atoms with Gasteiger partial charge in [0.25, 0.3) is 0 Å². The van der Waals surface area contributed by atoms with Crippen LogP contribution in [0.5, 0.6) is 0 Å². The number of benzene rings is 1. The largest absolute Gasteiger partial charge is 0.339 e. The van der Waals surface area contributed by atoms with Gasteiger partial charge in [0.15, 0.2) is 0 Å². The smallest absolute Gasteiger partial charge is 0.230 e. The fourth-order valence-electron chi connectivity index (χ4n) is 3.69. The van der Waals surface area contributed by atoms with E-state index in [9.17, 15) is 0 Å². The summed E-state index contributed by atoms with van der Waals surface area (Å²) < 4.78 is 7.60. The van der Waals surface area contributed by atoms with Crippen LogP contribution in [0.4, 0.5) is 0 Å². The predicted octanol–water partition coefficient (Wildman–Crippen LogP) is 3.88. The standard InChI is InChI=1S/C20H25N5O.ClH/c1-13-10-18(7-8-21-13)20-22-19(24-26-20)17-6-4-5-16(11-17)12-25-15(3)9-14(2)23-25;/h4-6,9,11,13,18,21H,7-8,10,12H2,1-3H3;1H/t13-,18-;/m0./s1. The number of hydrogen-bond acceptors (Lipinski definition) is 5. The molecular weight excluding hydrogens is 362 g/mol. The van der Waals surface area contributed by atoms with Crippen LogP contribution in [0.1, 0.15) is 48.5 Å². The van der Waals surface area contributed by atoms with Crippen LogP contribution in [0.15, 0.2) is 34.9 Å². The van der Waals surface area contributed by atoms with Gasteiger partial charge in [0.05, 0.1) is 12.2 Å². The highest BCUT2D eigenvalue weighted by Gasteiger charge is 2.25. The van der Waals surface area contributed by atoms with Crippen molar-refractivity contribution in [2.75, 3.05) is 6.54 Å². The normalized spacial score (nSPS) is 19.7. The van der Waals surface area contributed by atoms with Crippen molar-refractivity contribution in [3.05, 3.63) is 53.2 Å². The van der Waals surface area contributed by atoms with E-state index in [0.717, 1.165) is 48.8 Å². The first-order valence-corrected chi connectivity index (χ1v) is 9.26. The molecule has 0 spiro atoms. The number of aromatic nitrogens is 4. The Morgan fingerprint density at radius 2 is 2.11 bits per heavy atom. The van der Waals surface area contributed by atoms with Gasteiger partial charge in [-0.2, -0.15) is 10.1 Å². The molecule has 1 fully saturated rings. The Morgan fingerprint density at radius 3 is 2.85 bits per heavy atom. The highest BCUT2D eigenvalue weighted by atomic mass is 35.5. The lowest BCUT2D eigenvalue weighted by Crippen LogP contribution is -2.34. The zero-order valence-electron chi connectivity index (χ0n) is 16.0. The molecule has 0 radical (unpaired) electrons. The van der Waals surface area contributed by atoms with E-state index in [1.54, 1.807) is 0 Å². The maximum Gasteiger partial charge on any atom is 0.230 e. The van der Waals surface area contributed by atoms with E-state index in [4.69, 9.17) is 4.52 Å². The van der Waals surface area contributed by atoms with Gasteiger partial charge in [0.1, 0.15) is 0 Å². The minimum atomic E-state index is 0. The zero-order valence-corrected chi connectivity index (χ0v) is 16.8. The molecule has 0 aliphatic carbocycles. The molecule has 1 aliphatic heterocycles. The molecule has 2 atom stereocenters. The van der Waals surface area contributed by atoms with Crippen LogP contribution in [0.2, 0.25) is 0 Å². The molecule has 144 valence electrons. The third-order valence-electron chi connectivity index (χ3n) is 5.04. The van der Waals surface area contributed by atoms with Crippen LogP contribution in [-0.4, -0.2) is 32.5 Å². The number of nitrogens with one attached hydrogen (secondary N) is 1. The van der Waals surface area contributed by atoms with Crippen molar-refractivity contribution in [2.24, 2.45) is 0 Å². The first-order valence-electron chi connectivity index (χ1n) is 9.26. The number of hydrogen-bond donors (Lipinski definition) is 1. The lowest BCUT2D eigenvalue weighted by atomic mass is 9.93. The minimum Gasteiger partial charge on any atom is -0.339 e. The number of halogens is 1. The molecule has 0 amide bonds. The van der Waals surface area contributed by atoms with Crippen molar-refractivity contribution in [3.63, 3.8) is 0 Å². The van der Waals surface area contributed by atoms with Gasteiger partial charge in [-0.1, -0.05) is 23.4 Å². The Bertz CT molecular complexity index is 903. The third kappa shape index (κ3) is 4.39. The average Bonchev–Trinajstić information content (AvgIpc) is 3.22. The summed E-state index contributed by atoms with van der Waals surface area (Å²) in [6.45, 7) is 8.04. The summed E-state index contributed by atoms with van der Waals surface area (Å²) in [6, 6.07) is 10.9. The molecule has 1 N–H and O–H groups in total. The van der Waals surface area contributed by atoms with Crippen molar-refractivity contribution in [1.29, 1.82) is 0 Å². The Morgan fingerprint density at radius 1 is 1.26 bits per heavy atom. The fraction of sp³-hybridized carbons (Fsp3) is 0.450. The average molecular weight is 388 g/mol. The second-order valence-electron chi connectivity index (χ2n) is 7.32. The maximum absolute atomic E-state index is 5.58. The molecule has 4 rings (SSSR count). The van der Waals surface area contributed by atoms with Gasteiger partial charge < -0.3 is 9.84 Å². The monoisotopic (exact) mass is 387 g/mol. The van der Waals surface area contributed by atoms with Crippen molar-refractivity contribution < 1.29 is 4.52 Å². The van der Waals surface area contributed by atoms with E-state index >= 15 is 0 Å². The number of rotatable bonds is 4. The zero-order chi connectivity index (χ0) is 18.1. The molecule has 6 nitrogen and oxygen atoms in total. The molecule has 7 heteroatoms. The van der Waals surface area contributed by atoms with Crippen molar-refractivity contribution in [1.82, 2.24) is 25.2 Å². The van der Waals surface area contributed by atoms with Crippen molar-refractivity contribution >= 4 is 12.4 Å². The highest BCUT2D eigenvalue weighted by molar-refractivity contribution is 5.85. The van der Waals surface area contributed by atoms with E-state index in [2.05, 4.69) is 52.6 Å². The van der Waals surface area contributed by atoms with E-state index in [1.165, 1.54) is 5.56 Å². The first kappa shape index (κ1) is 19.6. The van der Waals surface area contributed by atoms with Crippen LogP contribution >= 0.6 is 12.4 Å². The third-order valence-corrected chi connectivity index (χ3v) is 5.04. The highest BCUT2D eigenvalue weighted by Crippen LogP contribution is 2.28. The van der Waals surface area contributed by atoms with Gasteiger partial charge in [0, 0.05) is 23.2 Å². The first-order chi connectivity index (χ1) is 12.6. The summed E-state index contributed by atoms with van der Waals surface area (Å²) in [5, 5.41) is 12.2. The summed E-state index contributed by atoms with van der Waals surface area (Å²) in [7, 11) is 0. The van der Waals surface area contributed by atoms with Gasteiger partial charge >= 0.3 is 0 Å². The lowest BCUT2D eigenvalue weighted by Gasteiger charge is -2.25. The molecular formula is C20H26ClN5O. The second-order valence-corrected chi connectivity index (χ2v) is 7.32. The van der Waals surface area contributed by atoms with Crippen LogP contribution in [-0.2, 0) is 6.54 Å². The molecule has 0 saturated carbocycles. The van der Waals surface area contributed by atoms with E-state index < -0.39 is 0 Å². The topological polar surface area (TPSA) is 68.8 Å². The molecule has 3 heterocycles. The molecule has 3 aromatic rings. The number of aryl methyl sites for hydroxylation is 2. The SMILES string of the molecule is Cc1cc(C)n(Cc2cccc(-c3noc([C@H]4CCN[C@@H](C)C4)n3)c2)n1.Cl. The van der Waals surface area contributed by atoms with E-state index in [1.807, 2.05) is 23.7 Å². The molecule has 2 aromatic heterocycles. The molecule has 1 aromatic carbocycles. The van der Waals surface area contributed by atoms with Gasteiger partial charge in [-0.15, -0.1) is 12.4 Å². The van der Waals surface area contributed by atoms with Gasteiger partial charge in [0.2, 0.25) is 11.7 Å². The van der Waals surface area contributed by atoms with Crippen molar-refractivity contribution in [3.8, 4) is 11.4 Å². The Hall–Kier alpha value is -2.18. The summed E-state index contributed by atoms with van der Waals surface area (Å²) in [5.74, 6) is 1.78. The molecule has 0 unspecified atom stereocenters. The van der Waals surface area contributed by atoms with Crippen molar-refractivity contribution in [2.45, 2.75) is 52.1 Å². The summed E-state index contributed by atoms with van der Waals surface area (Å²) in [5.41, 5.74) is 4.36. The number of piperidine rings is 1. The van der Waals surface area contributed by atoms with Crippen LogP contribution in [0.25, 0.3) is 11.4 Å². The Labute approximate surface area is 165 Å². The maximum atomic E-state index is 5.58. The molecule has 1 saturated heterocycles. The summed E-state index contributed by atoms with van der Waals surface area (Å²) >= 11 is 0. The van der Waals surface area contributed by atoms with Crippen LogP contribution in [0.3, 0.4) is 0 Å².